The maximum atomic E-state index is 12.5. The van der Waals surface area contributed by atoms with Crippen LogP contribution in [0.25, 0.3) is 0 Å². The minimum Gasteiger partial charge on any atom is -0.389 e. The molecule has 1 saturated carbocycles. The van der Waals surface area contributed by atoms with Gasteiger partial charge < -0.3 is 15.3 Å². The summed E-state index contributed by atoms with van der Waals surface area (Å²) in [5, 5.41) is 13.6. The average molecular weight is 337 g/mol. The van der Waals surface area contributed by atoms with E-state index in [2.05, 4.69) is 10.2 Å². The summed E-state index contributed by atoms with van der Waals surface area (Å²) in [6.45, 7) is 3.62. The summed E-state index contributed by atoms with van der Waals surface area (Å²) < 4.78 is 0. The van der Waals surface area contributed by atoms with Crippen LogP contribution in [0, 0.1) is 0 Å². The highest BCUT2D eigenvalue weighted by molar-refractivity contribution is 5.82. The Hall–Kier alpha value is -1.14. The van der Waals surface area contributed by atoms with Crippen molar-refractivity contribution in [2.45, 2.75) is 69.4 Å². The number of nitrogens with one attached hydrogen (secondary N) is 1. The zero-order valence-electron chi connectivity index (χ0n) is 14.6. The first-order valence-electron chi connectivity index (χ1n) is 9.59. The number of hydrogen-bond acceptors (Lipinski definition) is 4. The highest BCUT2D eigenvalue weighted by Crippen LogP contribution is 2.31. The van der Waals surface area contributed by atoms with Crippen LogP contribution in [-0.2, 0) is 9.59 Å². The second-order valence-corrected chi connectivity index (χ2v) is 7.68. The molecule has 0 radical (unpaired) electrons. The predicted octanol–water partition coefficient (Wildman–Crippen LogP) is 0.885. The molecule has 1 unspecified atom stereocenters. The van der Waals surface area contributed by atoms with Crippen LogP contribution in [0.15, 0.2) is 0 Å². The first-order chi connectivity index (χ1) is 11.6. The van der Waals surface area contributed by atoms with Gasteiger partial charge in [0, 0.05) is 32.7 Å². The van der Waals surface area contributed by atoms with Crippen molar-refractivity contribution < 1.29 is 14.7 Å². The monoisotopic (exact) mass is 337 g/mol. The molecular weight excluding hydrogens is 306 g/mol. The molecule has 0 spiro atoms. The van der Waals surface area contributed by atoms with Crippen LogP contribution in [0.3, 0.4) is 0 Å². The quantitative estimate of drug-likeness (QED) is 0.802. The molecule has 6 heteroatoms. The molecule has 1 atom stereocenters. The molecule has 24 heavy (non-hydrogen) atoms. The van der Waals surface area contributed by atoms with E-state index >= 15 is 0 Å². The molecule has 3 aliphatic rings. The van der Waals surface area contributed by atoms with Gasteiger partial charge in [0.25, 0.3) is 0 Å². The number of aliphatic hydroxyl groups is 1. The molecule has 3 rings (SSSR count). The summed E-state index contributed by atoms with van der Waals surface area (Å²) in [6, 6.07) is -0.0349. The molecule has 2 saturated heterocycles. The Balaban J connectivity index is 1.49. The average Bonchev–Trinajstić information content (AvgIpc) is 2.80. The van der Waals surface area contributed by atoms with E-state index in [0.717, 1.165) is 64.6 Å². The molecule has 0 aromatic heterocycles. The summed E-state index contributed by atoms with van der Waals surface area (Å²) in [5.41, 5.74) is -0.784. The van der Waals surface area contributed by atoms with E-state index in [1.54, 1.807) is 0 Å². The van der Waals surface area contributed by atoms with Crippen LogP contribution in [-0.4, -0.2) is 71.1 Å². The minimum absolute atomic E-state index is 0.0349. The number of amides is 2. The molecule has 136 valence electrons. The second-order valence-electron chi connectivity index (χ2n) is 7.68. The summed E-state index contributed by atoms with van der Waals surface area (Å²) in [7, 11) is 0. The van der Waals surface area contributed by atoms with Gasteiger partial charge in [-0.1, -0.05) is 19.3 Å². The molecule has 0 bridgehead atoms. The minimum atomic E-state index is -0.784. The fraction of sp³-hybridized carbons (Fsp3) is 0.889. The van der Waals surface area contributed by atoms with Crippen molar-refractivity contribution in [1.82, 2.24) is 15.1 Å². The Morgan fingerprint density at radius 3 is 2.50 bits per heavy atom. The lowest BCUT2D eigenvalue weighted by molar-refractivity contribution is -0.140. The van der Waals surface area contributed by atoms with Crippen LogP contribution in [0.2, 0.25) is 0 Å². The lowest BCUT2D eigenvalue weighted by Gasteiger charge is -2.40. The molecule has 1 aliphatic carbocycles. The highest BCUT2D eigenvalue weighted by atomic mass is 16.3. The van der Waals surface area contributed by atoms with Crippen LogP contribution in [0.5, 0.6) is 0 Å². The van der Waals surface area contributed by atoms with Crippen molar-refractivity contribution in [2.75, 3.05) is 32.7 Å². The van der Waals surface area contributed by atoms with Gasteiger partial charge in [0.2, 0.25) is 11.8 Å². The van der Waals surface area contributed by atoms with Gasteiger partial charge in [0.1, 0.15) is 0 Å². The summed E-state index contributed by atoms with van der Waals surface area (Å²) in [6.07, 6.45) is 8.02. The first kappa shape index (κ1) is 17.7. The molecule has 2 aliphatic heterocycles. The molecule has 2 heterocycles. The lowest BCUT2D eigenvalue weighted by atomic mass is 9.82. The Kier molecular flexibility index (Phi) is 5.76. The van der Waals surface area contributed by atoms with Gasteiger partial charge in [-0.25, -0.2) is 0 Å². The summed E-state index contributed by atoms with van der Waals surface area (Å²) in [4.78, 5) is 28.8. The van der Waals surface area contributed by atoms with Gasteiger partial charge in [-0.3, -0.25) is 14.5 Å². The maximum Gasteiger partial charge on any atom is 0.237 e. The summed E-state index contributed by atoms with van der Waals surface area (Å²) in [5.74, 6) is 0.216. The lowest BCUT2D eigenvalue weighted by Crippen LogP contribution is -2.56. The third-order valence-electron chi connectivity index (χ3n) is 5.88. The number of rotatable bonds is 3. The fourth-order valence-electron chi connectivity index (χ4n) is 4.33. The van der Waals surface area contributed by atoms with E-state index in [9.17, 15) is 14.7 Å². The Labute approximate surface area is 144 Å². The van der Waals surface area contributed by atoms with E-state index in [-0.39, 0.29) is 24.3 Å². The smallest absolute Gasteiger partial charge is 0.237 e. The molecule has 0 aromatic rings. The van der Waals surface area contributed by atoms with Gasteiger partial charge in [-0.15, -0.1) is 0 Å². The second kappa shape index (κ2) is 7.83. The standard InChI is InChI=1S/C18H31N3O3/c22-16(14-18(24)7-3-1-4-8-18)21-12-10-20(11-13-21)15-6-2-5-9-19-17(15)23/h15,24H,1-14H2,(H,19,23). The normalized spacial score (nSPS) is 29.0. The molecular formula is C18H31N3O3. The van der Waals surface area contributed by atoms with E-state index in [0.29, 0.717) is 13.1 Å². The fourth-order valence-corrected chi connectivity index (χ4v) is 4.33. The summed E-state index contributed by atoms with van der Waals surface area (Å²) >= 11 is 0. The molecule has 0 aromatic carbocycles. The molecule has 3 fully saturated rings. The van der Waals surface area contributed by atoms with Gasteiger partial charge in [-0.05, 0) is 32.1 Å². The van der Waals surface area contributed by atoms with Gasteiger partial charge in [-0.2, -0.15) is 0 Å². The number of nitrogens with zero attached hydrogens (tertiary/aromatic N) is 2. The number of hydrogen-bond donors (Lipinski definition) is 2. The van der Waals surface area contributed by atoms with Crippen LogP contribution < -0.4 is 5.32 Å². The van der Waals surface area contributed by atoms with E-state index in [4.69, 9.17) is 0 Å². The van der Waals surface area contributed by atoms with Gasteiger partial charge >= 0.3 is 0 Å². The van der Waals surface area contributed by atoms with Crippen molar-refractivity contribution in [3.63, 3.8) is 0 Å². The van der Waals surface area contributed by atoms with Crippen LogP contribution >= 0.6 is 0 Å². The highest BCUT2D eigenvalue weighted by Gasteiger charge is 2.35. The third-order valence-corrected chi connectivity index (χ3v) is 5.88. The van der Waals surface area contributed by atoms with Gasteiger partial charge in [0.05, 0.1) is 18.1 Å². The van der Waals surface area contributed by atoms with Crippen LogP contribution in [0.4, 0.5) is 0 Å². The van der Waals surface area contributed by atoms with E-state index < -0.39 is 5.60 Å². The van der Waals surface area contributed by atoms with Crippen molar-refractivity contribution in [2.24, 2.45) is 0 Å². The predicted molar refractivity (Wildman–Crippen MR) is 91.5 cm³/mol. The van der Waals surface area contributed by atoms with Crippen molar-refractivity contribution in [3.8, 4) is 0 Å². The van der Waals surface area contributed by atoms with Crippen molar-refractivity contribution in [3.05, 3.63) is 0 Å². The Morgan fingerprint density at radius 1 is 1.08 bits per heavy atom. The first-order valence-corrected chi connectivity index (χ1v) is 9.59. The SMILES string of the molecule is O=C1NCCCCC1N1CCN(C(=O)CC2(O)CCCCC2)CC1. The zero-order valence-corrected chi connectivity index (χ0v) is 14.6. The third kappa shape index (κ3) is 4.28. The Morgan fingerprint density at radius 2 is 1.79 bits per heavy atom. The zero-order chi connectivity index (χ0) is 17.0. The molecule has 6 nitrogen and oxygen atoms in total. The molecule has 2 amide bonds. The van der Waals surface area contributed by atoms with Crippen LogP contribution in [0.1, 0.15) is 57.8 Å². The number of piperazine rings is 1. The Bertz CT molecular complexity index is 454. The van der Waals surface area contributed by atoms with Gasteiger partial charge in [0.15, 0.2) is 0 Å². The van der Waals surface area contributed by atoms with E-state index in [1.807, 2.05) is 4.90 Å². The number of carbonyl (C=O) groups excluding carboxylic acids is 2. The number of carbonyl (C=O) groups is 2. The molecule has 2 N–H and O–H groups in total. The topological polar surface area (TPSA) is 72.9 Å². The van der Waals surface area contributed by atoms with Crippen molar-refractivity contribution >= 4 is 11.8 Å². The van der Waals surface area contributed by atoms with E-state index in [1.165, 1.54) is 6.42 Å². The largest absolute Gasteiger partial charge is 0.389 e. The van der Waals surface area contributed by atoms with Crippen molar-refractivity contribution in [1.29, 1.82) is 0 Å². The maximum absolute atomic E-state index is 12.5.